The van der Waals surface area contributed by atoms with Crippen molar-refractivity contribution in [3.8, 4) is 11.5 Å². The Labute approximate surface area is 198 Å². The van der Waals surface area contributed by atoms with Gasteiger partial charge in [-0.15, -0.1) is 0 Å². The number of carbonyl (C=O) groups excluding carboxylic acids is 2. The highest BCUT2D eigenvalue weighted by atomic mass is 16.5. The van der Waals surface area contributed by atoms with E-state index in [0.29, 0.717) is 42.1 Å². The number of ketones is 1. The van der Waals surface area contributed by atoms with Gasteiger partial charge in [0.2, 0.25) is 0 Å². The number of nitrogens with zero attached hydrogens (tertiary/aromatic N) is 3. The maximum absolute atomic E-state index is 13.2. The number of imidazole rings is 1. The van der Waals surface area contributed by atoms with Crippen LogP contribution in [0.15, 0.2) is 66.8 Å². The summed E-state index contributed by atoms with van der Waals surface area (Å²) in [7, 11) is 3.03. The molecular weight excluding hydrogens is 434 g/mol. The molecule has 2 aromatic carbocycles. The average Bonchev–Trinajstić information content (AvgIpc) is 3.45. The van der Waals surface area contributed by atoms with Gasteiger partial charge in [-0.1, -0.05) is 42.0 Å². The van der Waals surface area contributed by atoms with Crippen molar-refractivity contribution in [3.63, 3.8) is 0 Å². The molecule has 1 aliphatic heterocycles. The van der Waals surface area contributed by atoms with Gasteiger partial charge in [-0.05, 0) is 19.4 Å². The summed E-state index contributed by atoms with van der Waals surface area (Å²) in [6, 6.07) is 11.6. The third kappa shape index (κ3) is 4.26. The van der Waals surface area contributed by atoms with Crippen molar-refractivity contribution in [2.45, 2.75) is 25.9 Å². The van der Waals surface area contributed by atoms with E-state index in [1.54, 1.807) is 42.9 Å². The molecule has 0 radical (unpaired) electrons. The van der Waals surface area contributed by atoms with Crippen LogP contribution in [0.25, 0.3) is 5.76 Å². The molecule has 1 N–H and O–H groups in total. The second kappa shape index (κ2) is 9.82. The number of hydrogen-bond acceptors (Lipinski definition) is 6. The first-order chi connectivity index (χ1) is 16.5. The molecule has 0 spiro atoms. The Kier molecular flexibility index (Phi) is 6.67. The summed E-state index contributed by atoms with van der Waals surface area (Å²) in [5.74, 6) is -0.722. The van der Waals surface area contributed by atoms with E-state index in [1.165, 1.54) is 19.1 Å². The lowest BCUT2D eigenvalue weighted by Gasteiger charge is -2.27. The van der Waals surface area contributed by atoms with Gasteiger partial charge >= 0.3 is 0 Å². The van der Waals surface area contributed by atoms with Gasteiger partial charge in [-0.3, -0.25) is 9.59 Å². The summed E-state index contributed by atoms with van der Waals surface area (Å²) in [4.78, 5) is 31.9. The monoisotopic (exact) mass is 461 g/mol. The molecule has 1 saturated heterocycles. The molecule has 1 fully saturated rings. The van der Waals surface area contributed by atoms with Crippen LogP contribution in [0.2, 0.25) is 0 Å². The number of ether oxygens (including phenoxy) is 2. The number of likely N-dealkylation sites (tertiary alicyclic amines) is 1. The summed E-state index contributed by atoms with van der Waals surface area (Å²) < 4.78 is 13.0. The number of rotatable bonds is 8. The molecule has 8 heteroatoms. The van der Waals surface area contributed by atoms with E-state index in [0.717, 1.165) is 5.56 Å². The number of aliphatic hydroxyl groups excluding tert-OH is 1. The van der Waals surface area contributed by atoms with Crippen molar-refractivity contribution in [1.82, 2.24) is 14.5 Å². The minimum absolute atomic E-state index is 0.0306. The molecule has 4 rings (SSSR count). The molecule has 8 nitrogen and oxygen atoms in total. The van der Waals surface area contributed by atoms with Crippen molar-refractivity contribution in [3.05, 3.63) is 83.4 Å². The molecule has 3 aromatic rings. The number of aromatic nitrogens is 2. The van der Waals surface area contributed by atoms with Gasteiger partial charge in [0.05, 0.1) is 32.2 Å². The van der Waals surface area contributed by atoms with Crippen LogP contribution < -0.4 is 9.47 Å². The molecule has 176 valence electrons. The average molecular weight is 462 g/mol. The van der Waals surface area contributed by atoms with Gasteiger partial charge in [0, 0.05) is 36.6 Å². The Morgan fingerprint density at radius 2 is 1.82 bits per heavy atom. The minimum atomic E-state index is -0.825. The molecule has 1 amide bonds. The Morgan fingerprint density at radius 1 is 1.06 bits per heavy atom. The number of para-hydroxylation sites is 1. The topological polar surface area (TPSA) is 93.9 Å². The smallest absolute Gasteiger partial charge is 0.295 e. The lowest BCUT2D eigenvalue weighted by molar-refractivity contribution is -0.140. The number of aryl methyl sites for hydroxylation is 2. The Balaban J connectivity index is 1.81. The van der Waals surface area contributed by atoms with Gasteiger partial charge in [0.15, 0.2) is 11.5 Å². The van der Waals surface area contributed by atoms with E-state index in [4.69, 9.17) is 9.47 Å². The van der Waals surface area contributed by atoms with E-state index in [2.05, 4.69) is 4.98 Å². The number of amides is 1. The van der Waals surface area contributed by atoms with Crippen molar-refractivity contribution >= 4 is 17.4 Å². The van der Waals surface area contributed by atoms with Gasteiger partial charge in [-0.25, -0.2) is 4.98 Å². The van der Waals surface area contributed by atoms with E-state index in [-0.39, 0.29) is 11.3 Å². The third-order valence-corrected chi connectivity index (χ3v) is 5.97. The molecule has 0 aliphatic carbocycles. The zero-order valence-corrected chi connectivity index (χ0v) is 19.4. The van der Waals surface area contributed by atoms with Crippen molar-refractivity contribution in [2.24, 2.45) is 0 Å². The maximum Gasteiger partial charge on any atom is 0.295 e. The van der Waals surface area contributed by atoms with Gasteiger partial charge < -0.3 is 24.0 Å². The summed E-state index contributed by atoms with van der Waals surface area (Å²) in [6.07, 6.45) is 5.83. The van der Waals surface area contributed by atoms with Crippen LogP contribution in [-0.4, -0.2) is 52.0 Å². The second-order valence-electron chi connectivity index (χ2n) is 8.10. The van der Waals surface area contributed by atoms with E-state index >= 15 is 0 Å². The standard InChI is InChI=1S/C26H27N3O5/c1-17-8-10-18(11-9-17)23(30)21-22(19-6-4-7-20(33-2)25(19)34-3)29(26(32)24(21)31)14-5-13-28-15-12-27-16-28/h4,6-12,15-16,22,30H,5,13-14H2,1-3H3/t22-/m1/s1. The summed E-state index contributed by atoms with van der Waals surface area (Å²) in [5, 5.41) is 11.2. The number of methoxy groups -OCH3 is 2. The summed E-state index contributed by atoms with van der Waals surface area (Å²) in [5.41, 5.74) is 2.08. The van der Waals surface area contributed by atoms with E-state index in [1.807, 2.05) is 29.8 Å². The molecule has 0 unspecified atom stereocenters. The fraction of sp³-hybridized carbons (Fsp3) is 0.269. The van der Waals surface area contributed by atoms with Crippen LogP contribution in [0.4, 0.5) is 0 Å². The Morgan fingerprint density at radius 3 is 2.47 bits per heavy atom. The molecule has 1 aromatic heterocycles. The lowest BCUT2D eigenvalue weighted by atomic mass is 9.94. The van der Waals surface area contributed by atoms with Crippen molar-refractivity contribution < 1.29 is 24.2 Å². The predicted octanol–water partition coefficient (Wildman–Crippen LogP) is 3.72. The van der Waals surface area contributed by atoms with E-state index < -0.39 is 17.7 Å². The largest absolute Gasteiger partial charge is 0.507 e. The zero-order valence-electron chi connectivity index (χ0n) is 19.4. The fourth-order valence-corrected chi connectivity index (χ4v) is 4.27. The fourth-order valence-electron chi connectivity index (χ4n) is 4.27. The summed E-state index contributed by atoms with van der Waals surface area (Å²) >= 11 is 0. The van der Waals surface area contributed by atoms with Crippen molar-refractivity contribution in [1.29, 1.82) is 0 Å². The number of aliphatic hydroxyl groups is 1. The SMILES string of the molecule is COc1cccc([C@@H]2C(=C(O)c3ccc(C)cc3)C(=O)C(=O)N2CCCn2ccnc2)c1OC. The van der Waals surface area contributed by atoms with Crippen LogP contribution in [0.1, 0.15) is 29.2 Å². The highest BCUT2D eigenvalue weighted by Crippen LogP contribution is 2.45. The minimum Gasteiger partial charge on any atom is -0.507 e. The Bertz CT molecular complexity index is 1220. The summed E-state index contributed by atoms with van der Waals surface area (Å²) in [6.45, 7) is 2.87. The third-order valence-electron chi connectivity index (χ3n) is 5.97. The number of hydrogen-bond donors (Lipinski definition) is 1. The van der Waals surface area contributed by atoms with Crippen LogP contribution >= 0.6 is 0 Å². The normalized spacial score (nSPS) is 17.3. The van der Waals surface area contributed by atoms with Crippen LogP contribution in [0, 0.1) is 6.92 Å². The first kappa shape index (κ1) is 23.1. The van der Waals surface area contributed by atoms with Crippen LogP contribution in [0.5, 0.6) is 11.5 Å². The molecule has 2 heterocycles. The quantitative estimate of drug-likeness (QED) is 0.312. The molecule has 0 saturated carbocycles. The maximum atomic E-state index is 13.2. The van der Waals surface area contributed by atoms with Crippen LogP contribution in [0.3, 0.4) is 0 Å². The number of benzene rings is 2. The highest BCUT2D eigenvalue weighted by molar-refractivity contribution is 6.46. The first-order valence-corrected chi connectivity index (χ1v) is 11.0. The van der Waals surface area contributed by atoms with Crippen molar-refractivity contribution in [2.75, 3.05) is 20.8 Å². The molecular formula is C26H27N3O5. The number of Topliss-reactive ketones (excluding diaryl/α,β-unsaturated/α-hetero) is 1. The lowest BCUT2D eigenvalue weighted by Crippen LogP contribution is -2.31. The first-order valence-electron chi connectivity index (χ1n) is 11.0. The molecule has 0 bridgehead atoms. The predicted molar refractivity (Wildman–Crippen MR) is 127 cm³/mol. The van der Waals surface area contributed by atoms with E-state index in [9.17, 15) is 14.7 Å². The molecule has 1 atom stereocenters. The molecule has 34 heavy (non-hydrogen) atoms. The zero-order chi connectivity index (χ0) is 24.2. The van der Waals surface area contributed by atoms with Gasteiger partial charge in [0.1, 0.15) is 5.76 Å². The number of carbonyl (C=O) groups is 2. The van der Waals surface area contributed by atoms with Gasteiger partial charge in [0.25, 0.3) is 11.7 Å². The molecule has 1 aliphatic rings. The van der Waals surface area contributed by atoms with Crippen LogP contribution in [-0.2, 0) is 16.1 Å². The second-order valence-corrected chi connectivity index (χ2v) is 8.10. The Hall–Kier alpha value is -4.07. The van der Waals surface area contributed by atoms with Gasteiger partial charge in [-0.2, -0.15) is 0 Å². The highest BCUT2D eigenvalue weighted by Gasteiger charge is 2.47.